The number of rotatable bonds is 2. The third kappa shape index (κ3) is 1.93. The number of carbonyl (C=O) groups excluding carboxylic acids is 1. The molecule has 0 aliphatic rings. The molecule has 0 atom stereocenters. The van der Waals surface area contributed by atoms with Crippen LogP contribution in [-0.2, 0) is 6.42 Å². The topological polar surface area (TPSA) is 40.9 Å². The van der Waals surface area contributed by atoms with Crippen molar-refractivity contribution in [3.8, 4) is 6.07 Å². The summed E-state index contributed by atoms with van der Waals surface area (Å²) < 4.78 is 0.741. The Hall–Kier alpha value is -1.14. The van der Waals surface area contributed by atoms with E-state index in [-0.39, 0.29) is 0 Å². The quantitative estimate of drug-likeness (QED) is 0.723. The predicted molar refractivity (Wildman–Crippen MR) is 48.8 cm³/mol. The third-order valence-corrected chi connectivity index (χ3v) is 2.16. The molecule has 0 saturated carbocycles. The highest BCUT2D eigenvalue weighted by molar-refractivity contribution is 9.10. The van der Waals surface area contributed by atoms with Crippen LogP contribution in [0.25, 0.3) is 0 Å². The van der Waals surface area contributed by atoms with Crippen LogP contribution in [0.1, 0.15) is 15.9 Å². The SMILES string of the molecule is N#CCc1ccc(C=O)c(Br)c1. The van der Waals surface area contributed by atoms with Crippen LogP contribution in [0.4, 0.5) is 0 Å². The van der Waals surface area contributed by atoms with Gasteiger partial charge in [0.15, 0.2) is 6.29 Å². The maximum atomic E-state index is 10.4. The van der Waals surface area contributed by atoms with Crippen molar-refractivity contribution in [1.82, 2.24) is 0 Å². The van der Waals surface area contributed by atoms with Crippen molar-refractivity contribution in [2.75, 3.05) is 0 Å². The molecule has 12 heavy (non-hydrogen) atoms. The van der Waals surface area contributed by atoms with E-state index in [9.17, 15) is 4.79 Å². The summed E-state index contributed by atoms with van der Waals surface area (Å²) in [4.78, 5) is 10.4. The molecule has 2 nitrogen and oxygen atoms in total. The van der Waals surface area contributed by atoms with Gasteiger partial charge in [-0.3, -0.25) is 4.79 Å². The van der Waals surface area contributed by atoms with Gasteiger partial charge in [0.1, 0.15) is 0 Å². The Balaban J connectivity index is 3.03. The maximum absolute atomic E-state index is 10.4. The van der Waals surface area contributed by atoms with Gasteiger partial charge in [-0.1, -0.05) is 28.1 Å². The number of benzene rings is 1. The minimum Gasteiger partial charge on any atom is -0.298 e. The van der Waals surface area contributed by atoms with E-state index in [1.54, 1.807) is 18.2 Å². The van der Waals surface area contributed by atoms with E-state index in [0.717, 1.165) is 16.3 Å². The molecule has 0 saturated heterocycles. The molecular weight excluding hydrogens is 218 g/mol. The molecule has 0 unspecified atom stereocenters. The first-order chi connectivity index (χ1) is 5.77. The molecule has 1 rings (SSSR count). The summed E-state index contributed by atoms with van der Waals surface area (Å²) >= 11 is 3.24. The van der Waals surface area contributed by atoms with E-state index in [2.05, 4.69) is 15.9 Å². The molecule has 60 valence electrons. The second-order valence-electron chi connectivity index (χ2n) is 2.31. The molecule has 0 aliphatic heterocycles. The molecule has 0 N–H and O–H groups in total. The lowest BCUT2D eigenvalue weighted by Gasteiger charge is -1.98. The monoisotopic (exact) mass is 223 g/mol. The van der Waals surface area contributed by atoms with Crippen LogP contribution in [0.15, 0.2) is 22.7 Å². The summed E-state index contributed by atoms with van der Waals surface area (Å²) in [7, 11) is 0. The zero-order valence-corrected chi connectivity index (χ0v) is 7.84. The molecule has 0 heterocycles. The van der Waals surface area contributed by atoms with Crippen molar-refractivity contribution in [3.63, 3.8) is 0 Å². The molecule has 0 aromatic heterocycles. The van der Waals surface area contributed by atoms with Crippen molar-refractivity contribution < 1.29 is 4.79 Å². The molecule has 0 fully saturated rings. The lowest BCUT2D eigenvalue weighted by molar-refractivity contribution is 0.112. The van der Waals surface area contributed by atoms with Crippen LogP contribution < -0.4 is 0 Å². The Kier molecular flexibility index (Phi) is 3.01. The van der Waals surface area contributed by atoms with Crippen LogP contribution >= 0.6 is 15.9 Å². The number of hydrogen-bond acceptors (Lipinski definition) is 2. The van der Waals surface area contributed by atoms with Gasteiger partial charge >= 0.3 is 0 Å². The fraction of sp³-hybridized carbons (Fsp3) is 0.111. The molecule has 0 radical (unpaired) electrons. The van der Waals surface area contributed by atoms with Gasteiger partial charge in [-0.2, -0.15) is 5.26 Å². The van der Waals surface area contributed by atoms with Crippen LogP contribution in [-0.4, -0.2) is 6.29 Å². The largest absolute Gasteiger partial charge is 0.298 e. The number of aldehydes is 1. The Labute approximate surface area is 78.9 Å². The Morgan fingerprint density at radius 1 is 1.58 bits per heavy atom. The fourth-order valence-electron chi connectivity index (χ4n) is 0.867. The molecule has 0 aliphatic carbocycles. The van der Waals surface area contributed by atoms with Crippen LogP contribution in [0.3, 0.4) is 0 Å². The van der Waals surface area contributed by atoms with Crippen LogP contribution in [0.5, 0.6) is 0 Å². The normalized spacial score (nSPS) is 9.00. The lowest BCUT2D eigenvalue weighted by atomic mass is 10.1. The van der Waals surface area contributed by atoms with Crippen LogP contribution in [0, 0.1) is 11.3 Å². The minimum absolute atomic E-state index is 0.373. The van der Waals surface area contributed by atoms with E-state index < -0.39 is 0 Å². The Bertz CT molecular complexity index is 341. The van der Waals surface area contributed by atoms with Gasteiger partial charge in [0.25, 0.3) is 0 Å². The molecule has 1 aromatic carbocycles. The number of carbonyl (C=O) groups is 1. The smallest absolute Gasteiger partial charge is 0.151 e. The zero-order chi connectivity index (χ0) is 8.97. The summed E-state index contributed by atoms with van der Waals surface area (Å²) in [6.45, 7) is 0. The minimum atomic E-state index is 0.373. The van der Waals surface area contributed by atoms with Gasteiger partial charge < -0.3 is 0 Å². The summed E-state index contributed by atoms with van der Waals surface area (Å²) in [6.07, 6.45) is 1.15. The summed E-state index contributed by atoms with van der Waals surface area (Å²) in [6, 6.07) is 7.30. The maximum Gasteiger partial charge on any atom is 0.151 e. The van der Waals surface area contributed by atoms with Crippen LogP contribution in [0.2, 0.25) is 0 Å². The zero-order valence-electron chi connectivity index (χ0n) is 6.25. The van der Waals surface area contributed by atoms with E-state index >= 15 is 0 Å². The second-order valence-corrected chi connectivity index (χ2v) is 3.16. The summed E-state index contributed by atoms with van der Waals surface area (Å²) in [5.74, 6) is 0. The lowest BCUT2D eigenvalue weighted by Crippen LogP contribution is -1.86. The number of halogens is 1. The van der Waals surface area contributed by atoms with E-state index in [1.165, 1.54) is 0 Å². The molecule has 0 amide bonds. The number of nitrogens with zero attached hydrogens (tertiary/aromatic N) is 1. The van der Waals surface area contributed by atoms with Gasteiger partial charge in [0.05, 0.1) is 12.5 Å². The molecular formula is C9H6BrNO. The van der Waals surface area contributed by atoms with Gasteiger partial charge in [-0.15, -0.1) is 0 Å². The van der Waals surface area contributed by atoms with Crippen molar-refractivity contribution in [2.24, 2.45) is 0 Å². The third-order valence-electron chi connectivity index (χ3n) is 1.48. The average molecular weight is 224 g/mol. The second kappa shape index (κ2) is 4.03. The van der Waals surface area contributed by atoms with E-state index in [1.807, 2.05) is 6.07 Å². The predicted octanol–water partition coefficient (Wildman–Crippen LogP) is 2.33. The van der Waals surface area contributed by atoms with Gasteiger partial charge in [-0.05, 0) is 11.6 Å². The highest BCUT2D eigenvalue weighted by Gasteiger charge is 1.99. The molecule has 3 heteroatoms. The van der Waals surface area contributed by atoms with Crippen molar-refractivity contribution in [1.29, 1.82) is 5.26 Å². The van der Waals surface area contributed by atoms with E-state index in [4.69, 9.17) is 5.26 Å². The molecule has 0 spiro atoms. The average Bonchev–Trinajstić information content (AvgIpc) is 2.05. The fourth-order valence-corrected chi connectivity index (χ4v) is 1.39. The standard InChI is InChI=1S/C9H6BrNO/c10-9-5-7(3-4-11)1-2-8(9)6-12/h1-2,5-6H,3H2. The van der Waals surface area contributed by atoms with Crippen molar-refractivity contribution in [3.05, 3.63) is 33.8 Å². The first-order valence-electron chi connectivity index (χ1n) is 3.38. The van der Waals surface area contributed by atoms with Gasteiger partial charge in [0.2, 0.25) is 0 Å². The summed E-state index contributed by atoms with van der Waals surface area (Å²) in [5, 5.41) is 8.40. The van der Waals surface area contributed by atoms with E-state index in [0.29, 0.717) is 12.0 Å². The van der Waals surface area contributed by atoms with Crippen molar-refractivity contribution >= 4 is 22.2 Å². The highest BCUT2D eigenvalue weighted by Crippen LogP contribution is 2.16. The Morgan fingerprint density at radius 2 is 2.33 bits per heavy atom. The number of hydrogen-bond donors (Lipinski definition) is 0. The molecule has 1 aromatic rings. The summed E-state index contributed by atoms with van der Waals surface area (Å²) in [5.41, 5.74) is 1.52. The van der Waals surface area contributed by atoms with Gasteiger partial charge in [0, 0.05) is 10.0 Å². The van der Waals surface area contributed by atoms with Gasteiger partial charge in [-0.25, -0.2) is 0 Å². The number of nitriles is 1. The first-order valence-corrected chi connectivity index (χ1v) is 4.18. The Morgan fingerprint density at radius 3 is 2.83 bits per heavy atom. The highest BCUT2D eigenvalue weighted by atomic mass is 79.9. The van der Waals surface area contributed by atoms with Crippen molar-refractivity contribution in [2.45, 2.75) is 6.42 Å². The molecule has 0 bridgehead atoms. The first kappa shape index (κ1) is 8.95.